The molecule has 0 radical (unpaired) electrons. The highest BCUT2D eigenvalue weighted by Gasteiger charge is 2.22. The number of benzene rings is 1. The number of amides is 1. The number of carbonyl (C=O) groups excluding carboxylic acids is 2. The van der Waals surface area contributed by atoms with Gasteiger partial charge in [-0.05, 0) is 49.2 Å². The van der Waals surface area contributed by atoms with Crippen molar-refractivity contribution in [3.05, 3.63) is 54.2 Å². The number of nitrogens with two attached hydrogens (primary N) is 1. The van der Waals surface area contributed by atoms with Gasteiger partial charge in [-0.3, -0.25) is 14.6 Å². The molecule has 0 aliphatic heterocycles. The van der Waals surface area contributed by atoms with E-state index in [0.29, 0.717) is 11.3 Å². The van der Waals surface area contributed by atoms with E-state index in [1.165, 1.54) is 6.42 Å². The van der Waals surface area contributed by atoms with E-state index in [-0.39, 0.29) is 23.7 Å². The van der Waals surface area contributed by atoms with Crippen molar-refractivity contribution in [2.45, 2.75) is 38.1 Å². The minimum absolute atomic E-state index is 0.00328. The van der Waals surface area contributed by atoms with Gasteiger partial charge in [0.25, 0.3) is 5.91 Å². The van der Waals surface area contributed by atoms with E-state index in [1.807, 2.05) is 6.07 Å². The number of hydrogen-bond acceptors (Lipinski definition) is 6. The van der Waals surface area contributed by atoms with Gasteiger partial charge in [0.15, 0.2) is 0 Å². The fourth-order valence-corrected chi connectivity index (χ4v) is 3.69. The van der Waals surface area contributed by atoms with Crippen LogP contribution in [0.15, 0.2) is 48.7 Å². The van der Waals surface area contributed by atoms with Gasteiger partial charge in [-0.15, -0.1) is 5.10 Å². The number of nitrogens with zero attached hydrogens (tertiary/aromatic N) is 5. The number of nitrogen functional groups attached to an aromatic ring is 1. The molecule has 1 amide bonds. The molecule has 2 N–H and O–H groups in total. The lowest BCUT2D eigenvalue weighted by atomic mass is 9.94. The Kier molecular flexibility index (Phi) is 5.33. The molecule has 8 heteroatoms. The maximum atomic E-state index is 12.8. The molecule has 4 rings (SSSR count). The number of carbonyl (C=O) groups is 2. The molecule has 1 fully saturated rings. The third-order valence-electron chi connectivity index (χ3n) is 5.21. The minimum atomic E-state index is -0.390. The molecule has 148 valence electrons. The fourth-order valence-electron chi connectivity index (χ4n) is 3.69. The summed E-state index contributed by atoms with van der Waals surface area (Å²) in [5.41, 5.74) is 7.63. The van der Waals surface area contributed by atoms with E-state index in [4.69, 9.17) is 5.73 Å². The van der Waals surface area contributed by atoms with Gasteiger partial charge in [-0.1, -0.05) is 25.3 Å². The molecule has 1 aromatic carbocycles. The summed E-state index contributed by atoms with van der Waals surface area (Å²) in [4.78, 5) is 34.6. The number of anilines is 2. The second kappa shape index (κ2) is 8.22. The average molecular weight is 390 g/mol. The molecule has 3 aromatic rings. The zero-order valence-corrected chi connectivity index (χ0v) is 15.9. The monoisotopic (exact) mass is 390 g/mol. The van der Waals surface area contributed by atoms with Crippen LogP contribution in [0.1, 0.15) is 42.5 Å². The normalized spacial score (nSPS) is 14.5. The van der Waals surface area contributed by atoms with Crippen molar-refractivity contribution >= 4 is 24.0 Å². The largest absolute Gasteiger partial charge is 0.368 e. The second-order valence-corrected chi connectivity index (χ2v) is 7.08. The first-order chi connectivity index (χ1) is 14.2. The number of aromatic nitrogens is 4. The van der Waals surface area contributed by atoms with Gasteiger partial charge >= 0.3 is 0 Å². The third kappa shape index (κ3) is 3.87. The molecule has 29 heavy (non-hydrogen) atoms. The summed E-state index contributed by atoms with van der Waals surface area (Å²) >= 11 is 0. The molecule has 0 atom stereocenters. The number of pyridine rings is 1. The van der Waals surface area contributed by atoms with Gasteiger partial charge in [0, 0.05) is 23.5 Å². The Morgan fingerprint density at radius 2 is 1.86 bits per heavy atom. The topological polar surface area (TPSA) is 107 Å². The van der Waals surface area contributed by atoms with Gasteiger partial charge in [0.1, 0.15) is 5.69 Å². The molecular weight excluding hydrogens is 368 g/mol. The van der Waals surface area contributed by atoms with Crippen LogP contribution in [-0.4, -0.2) is 38.1 Å². The Labute approximate surface area is 168 Å². The maximum Gasteiger partial charge on any atom is 0.281 e. The van der Waals surface area contributed by atoms with E-state index >= 15 is 0 Å². The second-order valence-electron chi connectivity index (χ2n) is 7.08. The van der Waals surface area contributed by atoms with Crippen LogP contribution >= 0.6 is 0 Å². The Balaban J connectivity index is 1.55. The van der Waals surface area contributed by atoms with E-state index in [1.54, 1.807) is 47.5 Å². The zero-order valence-electron chi connectivity index (χ0n) is 15.9. The van der Waals surface area contributed by atoms with E-state index in [0.717, 1.165) is 42.5 Å². The van der Waals surface area contributed by atoms with Crippen LogP contribution in [0.4, 0.5) is 11.6 Å². The first-order valence-corrected chi connectivity index (χ1v) is 9.69. The number of rotatable bonds is 5. The molecule has 0 spiro atoms. The SMILES string of the molecule is Nc1nc(-c2ccccn2)nn1C(=O)c1ccc(N(C=O)C2CCCCC2)cc1. The van der Waals surface area contributed by atoms with E-state index in [9.17, 15) is 9.59 Å². The summed E-state index contributed by atoms with van der Waals surface area (Å²) < 4.78 is 1.07. The molecule has 1 saturated carbocycles. The molecular formula is C21H22N6O2. The van der Waals surface area contributed by atoms with E-state index in [2.05, 4.69) is 15.1 Å². The molecule has 0 unspecified atom stereocenters. The summed E-state index contributed by atoms with van der Waals surface area (Å²) in [7, 11) is 0. The van der Waals surface area contributed by atoms with Crippen molar-refractivity contribution in [1.82, 2.24) is 19.7 Å². The lowest BCUT2D eigenvalue weighted by Crippen LogP contribution is -2.35. The van der Waals surface area contributed by atoms with Crippen LogP contribution in [0, 0.1) is 0 Å². The van der Waals surface area contributed by atoms with Gasteiger partial charge in [0.2, 0.25) is 18.2 Å². The Bertz CT molecular complexity index is 994. The van der Waals surface area contributed by atoms with Gasteiger partial charge in [0.05, 0.1) is 0 Å². The molecule has 1 aliphatic rings. The lowest BCUT2D eigenvalue weighted by molar-refractivity contribution is -0.108. The molecule has 1 aliphatic carbocycles. The van der Waals surface area contributed by atoms with Crippen LogP contribution < -0.4 is 10.6 Å². The average Bonchev–Trinajstić information content (AvgIpc) is 3.17. The first kappa shape index (κ1) is 18.8. The molecule has 2 heterocycles. The lowest BCUT2D eigenvalue weighted by Gasteiger charge is -2.31. The fraction of sp³-hybridized carbons (Fsp3) is 0.286. The van der Waals surface area contributed by atoms with Crippen LogP contribution in [0.3, 0.4) is 0 Å². The highest BCUT2D eigenvalue weighted by Crippen LogP contribution is 2.26. The van der Waals surface area contributed by atoms with Crippen molar-refractivity contribution in [3.8, 4) is 11.5 Å². The highest BCUT2D eigenvalue weighted by atomic mass is 16.2. The molecule has 8 nitrogen and oxygen atoms in total. The summed E-state index contributed by atoms with van der Waals surface area (Å²) in [6, 6.07) is 12.5. The predicted octanol–water partition coefficient (Wildman–Crippen LogP) is 2.91. The highest BCUT2D eigenvalue weighted by molar-refractivity contribution is 5.97. The van der Waals surface area contributed by atoms with Gasteiger partial charge in [-0.2, -0.15) is 9.67 Å². The van der Waals surface area contributed by atoms with E-state index < -0.39 is 0 Å². The van der Waals surface area contributed by atoms with Crippen LogP contribution in [0.5, 0.6) is 0 Å². The van der Waals surface area contributed by atoms with Crippen molar-refractivity contribution in [2.75, 3.05) is 10.6 Å². The zero-order chi connectivity index (χ0) is 20.2. The maximum absolute atomic E-state index is 12.8. The smallest absolute Gasteiger partial charge is 0.281 e. The summed E-state index contributed by atoms with van der Waals surface area (Å²) in [5.74, 6) is -0.104. The summed E-state index contributed by atoms with van der Waals surface area (Å²) in [5, 5.41) is 4.21. The molecule has 2 aromatic heterocycles. The van der Waals surface area contributed by atoms with Crippen LogP contribution in [-0.2, 0) is 4.79 Å². The van der Waals surface area contributed by atoms with Gasteiger partial charge in [-0.25, -0.2) is 0 Å². The quantitative estimate of drug-likeness (QED) is 0.671. The summed E-state index contributed by atoms with van der Waals surface area (Å²) in [6.45, 7) is 0. The van der Waals surface area contributed by atoms with Gasteiger partial charge < -0.3 is 10.6 Å². The van der Waals surface area contributed by atoms with Crippen molar-refractivity contribution in [3.63, 3.8) is 0 Å². The van der Waals surface area contributed by atoms with Crippen LogP contribution in [0.25, 0.3) is 11.5 Å². The molecule has 0 bridgehead atoms. The van der Waals surface area contributed by atoms with Crippen molar-refractivity contribution in [1.29, 1.82) is 0 Å². The Morgan fingerprint density at radius 1 is 1.10 bits per heavy atom. The van der Waals surface area contributed by atoms with Crippen LogP contribution in [0.2, 0.25) is 0 Å². The molecule has 0 saturated heterocycles. The summed E-state index contributed by atoms with van der Waals surface area (Å²) in [6.07, 6.45) is 8.00. The minimum Gasteiger partial charge on any atom is -0.368 e. The predicted molar refractivity (Wildman–Crippen MR) is 109 cm³/mol. The standard InChI is InChI=1S/C21H22N6O2/c22-21-24-19(18-8-4-5-13-23-18)25-27(21)20(29)15-9-11-17(12-10-15)26(14-28)16-6-2-1-3-7-16/h4-5,8-14,16H,1-3,6-7H2,(H2,22,24,25). The Hall–Kier alpha value is -3.55. The number of hydrogen-bond donors (Lipinski definition) is 1. The third-order valence-corrected chi connectivity index (χ3v) is 5.21. The van der Waals surface area contributed by atoms with Crippen molar-refractivity contribution < 1.29 is 9.59 Å². The Morgan fingerprint density at radius 3 is 2.52 bits per heavy atom. The van der Waals surface area contributed by atoms with Crippen molar-refractivity contribution in [2.24, 2.45) is 0 Å². The first-order valence-electron chi connectivity index (χ1n) is 9.69.